The predicted octanol–water partition coefficient (Wildman–Crippen LogP) is 2.98. The van der Waals surface area contributed by atoms with E-state index in [1.165, 1.54) is 37.8 Å². The Morgan fingerprint density at radius 3 is 2.22 bits per heavy atom. The third-order valence-corrected chi connectivity index (χ3v) is 5.93. The molecule has 0 bridgehead atoms. The van der Waals surface area contributed by atoms with Crippen LogP contribution in [0.15, 0.2) is 36.4 Å². The second-order valence-electron chi connectivity index (χ2n) is 7.02. The number of anilines is 2. The maximum Gasteiger partial charge on any atom is 0.340 e. The number of sulfonamides is 1. The first-order valence-electron chi connectivity index (χ1n) is 9.79. The van der Waals surface area contributed by atoms with Gasteiger partial charge in [0.1, 0.15) is 0 Å². The molecule has 0 aliphatic rings. The Kier molecular flexibility index (Phi) is 8.48. The van der Waals surface area contributed by atoms with Crippen molar-refractivity contribution in [3.05, 3.63) is 47.5 Å². The van der Waals surface area contributed by atoms with E-state index in [0.717, 1.165) is 11.8 Å². The number of amides is 1. The van der Waals surface area contributed by atoms with Crippen LogP contribution in [0.25, 0.3) is 0 Å². The van der Waals surface area contributed by atoms with Crippen LogP contribution in [0.4, 0.5) is 11.4 Å². The zero-order chi connectivity index (χ0) is 23.9. The minimum Gasteiger partial charge on any atom is -0.493 e. The van der Waals surface area contributed by atoms with Crippen molar-refractivity contribution in [3.8, 4) is 11.5 Å². The number of methoxy groups -OCH3 is 3. The summed E-state index contributed by atoms with van der Waals surface area (Å²) in [6, 6.07) is 10.0. The molecule has 2 aromatic carbocycles. The molecule has 2 rings (SSSR count). The molecule has 0 saturated heterocycles. The van der Waals surface area contributed by atoms with Gasteiger partial charge in [-0.25, -0.2) is 13.2 Å². The van der Waals surface area contributed by atoms with Gasteiger partial charge < -0.3 is 19.5 Å². The van der Waals surface area contributed by atoms with E-state index >= 15 is 0 Å². The van der Waals surface area contributed by atoms with Crippen LogP contribution in [0, 0.1) is 6.92 Å². The molecule has 2 aromatic rings. The summed E-state index contributed by atoms with van der Waals surface area (Å²) in [7, 11) is 0.574. The van der Waals surface area contributed by atoms with Crippen molar-refractivity contribution in [3.63, 3.8) is 0 Å². The Hall–Kier alpha value is -3.27. The Bertz CT molecular complexity index is 1080. The maximum atomic E-state index is 12.6. The number of benzene rings is 2. The molecule has 10 heteroatoms. The monoisotopic (exact) mass is 464 g/mol. The smallest absolute Gasteiger partial charge is 0.340 e. The van der Waals surface area contributed by atoms with Crippen molar-refractivity contribution >= 4 is 33.3 Å². The fourth-order valence-electron chi connectivity index (χ4n) is 3.17. The Balaban J connectivity index is 2.15. The van der Waals surface area contributed by atoms with Crippen LogP contribution in [0.2, 0.25) is 0 Å². The summed E-state index contributed by atoms with van der Waals surface area (Å²) in [5.41, 5.74) is 1.70. The molecular formula is C22H28N2O7S. The van der Waals surface area contributed by atoms with Gasteiger partial charge in [-0.3, -0.25) is 9.10 Å². The van der Waals surface area contributed by atoms with Gasteiger partial charge >= 0.3 is 5.97 Å². The molecule has 0 aliphatic heterocycles. The summed E-state index contributed by atoms with van der Waals surface area (Å²) in [5.74, 6) is -0.393. The van der Waals surface area contributed by atoms with Gasteiger partial charge in [-0.2, -0.15) is 0 Å². The van der Waals surface area contributed by atoms with E-state index in [4.69, 9.17) is 14.2 Å². The van der Waals surface area contributed by atoms with E-state index in [1.807, 2.05) is 19.1 Å². The molecule has 1 N–H and O–H groups in total. The Morgan fingerprint density at radius 2 is 1.66 bits per heavy atom. The van der Waals surface area contributed by atoms with Gasteiger partial charge in [0.25, 0.3) is 0 Å². The van der Waals surface area contributed by atoms with Crippen molar-refractivity contribution in [2.24, 2.45) is 0 Å². The number of nitrogens with one attached hydrogen (secondary N) is 1. The van der Waals surface area contributed by atoms with Crippen LogP contribution in [-0.2, 0) is 19.6 Å². The third kappa shape index (κ3) is 6.13. The van der Waals surface area contributed by atoms with Crippen molar-refractivity contribution in [2.45, 2.75) is 19.8 Å². The predicted molar refractivity (Wildman–Crippen MR) is 122 cm³/mol. The van der Waals surface area contributed by atoms with Gasteiger partial charge in [0.2, 0.25) is 15.9 Å². The summed E-state index contributed by atoms with van der Waals surface area (Å²) < 4.78 is 41.1. The molecule has 0 unspecified atom stereocenters. The first-order chi connectivity index (χ1) is 15.1. The number of carbonyl (C=O) groups excluding carboxylic acids is 2. The maximum absolute atomic E-state index is 12.6. The molecule has 0 saturated carbocycles. The highest BCUT2D eigenvalue weighted by Gasteiger charge is 2.21. The molecule has 0 spiro atoms. The average Bonchev–Trinajstić information content (AvgIpc) is 2.75. The van der Waals surface area contributed by atoms with E-state index < -0.39 is 16.0 Å². The largest absolute Gasteiger partial charge is 0.493 e. The number of hydrogen-bond donors (Lipinski definition) is 1. The molecule has 174 valence electrons. The number of para-hydroxylation sites is 1. The van der Waals surface area contributed by atoms with Gasteiger partial charge in [-0.1, -0.05) is 18.2 Å². The average molecular weight is 465 g/mol. The highest BCUT2D eigenvalue weighted by Crippen LogP contribution is 2.34. The molecule has 0 atom stereocenters. The summed E-state index contributed by atoms with van der Waals surface area (Å²) in [6.07, 6.45) is 1.44. The molecule has 9 nitrogen and oxygen atoms in total. The van der Waals surface area contributed by atoms with Crippen LogP contribution < -0.4 is 19.1 Å². The quantitative estimate of drug-likeness (QED) is 0.538. The normalized spacial score (nSPS) is 10.9. The molecule has 0 fully saturated rings. The highest BCUT2D eigenvalue weighted by molar-refractivity contribution is 7.92. The number of ether oxygens (including phenoxy) is 3. The summed E-state index contributed by atoms with van der Waals surface area (Å²) in [4.78, 5) is 24.7. The molecule has 0 radical (unpaired) electrons. The van der Waals surface area contributed by atoms with E-state index in [1.54, 1.807) is 12.1 Å². The van der Waals surface area contributed by atoms with Gasteiger partial charge in [0, 0.05) is 25.1 Å². The first-order valence-corrected chi connectivity index (χ1v) is 11.6. The van der Waals surface area contributed by atoms with Crippen molar-refractivity contribution in [1.82, 2.24) is 0 Å². The van der Waals surface area contributed by atoms with Crippen LogP contribution in [-0.4, -0.2) is 54.4 Å². The fourth-order valence-corrected chi connectivity index (χ4v) is 4.19. The van der Waals surface area contributed by atoms with Gasteiger partial charge in [-0.15, -0.1) is 0 Å². The second kappa shape index (κ2) is 10.9. The minimum atomic E-state index is -3.53. The van der Waals surface area contributed by atoms with Crippen LogP contribution in [0.3, 0.4) is 0 Å². The number of rotatable bonds is 10. The van der Waals surface area contributed by atoms with E-state index in [2.05, 4.69) is 5.32 Å². The molecule has 0 aliphatic carbocycles. The number of nitrogens with zero attached hydrogens (tertiary/aromatic N) is 1. The lowest BCUT2D eigenvalue weighted by atomic mass is 10.1. The lowest BCUT2D eigenvalue weighted by molar-refractivity contribution is -0.116. The molecule has 1 amide bonds. The lowest BCUT2D eigenvalue weighted by Crippen LogP contribution is -2.32. The van der Waals surface area contributed by atoms with Crippen molar-refractivity contribution in [1.29, 1.82) is 0 Å². The van der Waals surface area contributed by atoms with Crippen LogP contribution in [0.5, 0.6) is 11.5 Å². The van der Waals surface area contributed by atoms with E-state index in [-0.39, 0.29) is 36.5 Å². The fraction of sp³-hybridized carbons (Fsp3) is 0.364. The van der Waals surface area contributed by atoms with Gasteiger partial charge in [0.05, 0.1) is 44.5 Å². The standard InChI is InChI=1S/C22H28N2O7S/c1-15-9-6-7-10-18(15)24(32(5,27)28)12-8-11-21(25)23-17-14-20(30-3)19(29-2)13-16(17)22(26)31-4/h6-7,9-10,13-14H,8,11-12H2,1-5H3,(H,23,25). The van der Waals surface area contributed by atoms with E-state index in [0.29, 0.717) is 17.2 Å². The zero-order valence-corrected chi connectivity index (χ0v) is 19.6. The highest BCUT2D eigenvalue weighted by atomic mass is 32.2. The van der Waals surface area contributed by atoms with E-state index in [9.17, 15) is 18.0 Å². The molecular weight excluding hydrogens is 436 g/mol. The van der Waals surface area contributed by atoms with Gasteiger partial charge in [0.15, 0.2) is 11.5 Å². The summed E-state index contributed by atoms with van der Waals surface area (Å²) >= 11 is 0. The zero-order valence-electron chi connectivity index (χ0n) is 18.8. The topological polar surface area (TPSA) is 111 Å². The Morgan fingerprint density at radius 1 is 1.03 bits per heavy atom. The number of hydrogen-bond acceptors (Lipinski definition) is 7. The number of aryl methyl sites for hydroxylation is 1. The molecule has 0 heterocycles. The lowest BCUT2D eigenvalue weighted by Gasteiger charge is -2.24. The summed E-state index contributed by atoms with van der Waals surface area (Å²) in [6.45, 7) is 1.96. The number of carbonyl (C=O) groups is 2. The molecule has 0 aromatic heterocycles. The Labute approximate surface area is 188 Å². The van der Waals surface area contributed by atoms with Crippen molar-refractivity contribution < 1.29 is 32.2 Å². The molecule has 32 heavy (non-hydrogen) atoms. The minimum absolute atomic E-state index is 0.0346. The third-order valence-electron chi connectivity index (χ3n) is 4.75. The van der Waals surface area contributed by atoms with Crippen LogP contribution >= 0.6 is 0 Å². The SMILES string of the molecule is COC(=O)c1cc(OC)c(OC)cc1NC(=O)CCCN(c1ccccc1C)S(C)(=O)=O. The van der Waals surface area contributed by atoms with Gasteiger partial charge in [-0.05, 0) is 25.0 Å². The van der Waals surface area contributed by atoms with Crippen LogP contribution in [0.1, 0.15) is 28.8 Å². The number of esters is 1. The first kappa shape index (κ1) is 25.0. The second-order valence-corrected chi connectivity index (χ2v) is 8.92. The summed E-state index contributed by atoms with van der Waals surface area (Å²) in [5, 5.41) is 2.67. The van der Waals surface area contributed by atoms with Crippen molar-refractivity contribution in [2.75, 3.05) is 43.8 Å².